The predicted octanol–water partition coefficient (Wildman–Crippen LogP) is 3.93. The van der Waals surface area contributed by atoms with Gasteiger partial charge in [0.1, 0.15) is 23.2 Å². The summed E-state index contributed by atoms with van der Waals surface area (Å²) in [6.45, 7) is 7.24. The fourth-order valence-corrected chi connectivity index (χ4v) is 6.22. The van der Waals surface area contributed by atoms with Gasteiger partial charge in [-0.1, -0.05) is 40.9 Å². The van der Waals surface area contributed by atoms with Crippen molar-refractivity contribution in [2.45, 2.75) is 102 Å². The molecule has 5 atom stereocenters. The van der Waals surface area contributed by atoms with Crippen LogP contribution in [0.25, 0.3) is 11.4 Å². The summed E-state index contributed by atoms with van der Waals surface area (Å²) in [5.41, 5.74) is -0.424. The molecule has 1 aliphatic carbocycles. The third-order valence-electron chi connectivity index (χ3n) is 8.50. The van der Waals surface area contributed by atoms with E-state index >= 15 is 0 Å². The Kier molecular flexibility index (Phi) is 9.33. The van der Waals surface area contributed by atoms with E-state index in [1.807, 2.05) is 37.3 Å². The summed E-state index contributed by atoms with van der Waals surface area (Å²) in [5, 5.41) is 28.6. The Balaban J connectivity index is 1.45. The van der Waals surface area contributed by atoms with Crippen molar-refractivity contribution in [3.63, 3.8) is 0 Å². The topological polar surface area (TPSA) is 169 Å². The number of hydrogen-bond acceptors (Lipinski definition) is 8. The lowest BCUT2D eigenvalue weighted by Crippen LogP contribution is -2.56. The molecule has 0 bridgehead atoms. The number of rotatable bonds is 4. The minimum Gasteiger partial charge on any atom is -0.479 e. The SMILES string of the molecule is Cc1cc(-c2nnn([C@H]3C[C@H]4C(=O)N[C@@]5(C(=O)O)C[C@H]5/C=C\CCCCC[C@@H](NC(=O)OC(C)(C)C)C(=O)N4C3)n2)ccc1Br. The Morgan fingerprint density at radius 2 is 1.98 bits per heavy atom. The fourth-order valence-electron chi connectivity index (χ4n) is 5.97. The summed E-state index contributed by atoms with van der Waals surface area (Å²) < 4.78 is 6.40. The fraction of sp³-hybridized carbons (Fsp3) is 0.581. The summed E-state index contributed by atoms with van der Waals surface area (Å²) in [6, 6.07) is 3.23. The monoisotopic (exact) mass is 685 g/mol. The van der Waals surface area contributed by atoms with Gasteiger partial charge in [0.05, 0.1) is 6.04 Å². The maximum Gasteiger partial charge on any atom is 0.408 e. The first-order valence-electron chi connectivity index (χ1n) is 15.4. The number of fused-ring (bicyclic) bond motifs is 2. The van der Waals surface area contributed by atoms with Crippen LogP contribution in [0.4, 0.5) is 4.79 Å². The average molecular weight is 687 g/mol. The van der Waals surface area contributed by atoms with Crippen LogP contribution < -0.4 is 10.6 Å². The van der Waals surface area contributed by atoms with E-state index in [-0.39, 0.29) is 25.3 Å². The maximum absolute atomic E-state index is 14.2. The number of amides is 3. The Labute approximate surface area is 270 Å². The molecule has 2 fully saturated rings. The van der Waals surface area contributed by atoms with Gasteiger partial charge in [-0.05, 0) is 82.4 Å². The molecule has 3 heterocycles. The van der Waals surface area contributed by atoms with Crippen LogP contribution in [0.2, 0.25) is 0 Å². The second-order valence-electron chi connectivity index (χ2n) is 13.1. The van der Waals surface area contributed by atoms with Gasteiger partial charge in [-0.2, -0.15) is 4.80 Å². The van der Waals surface area contributed by atoms with Crippen molar-refractivity contribution >= 4 is 39.8 Å². The zero-order chi connectivity index (χ0) is 32.5. The summed E-state index contributed by atoms with van der Waals surface area (Å²) >= 11 is 3.50. The summed E-state index contributed by atoms with van der Waals surface area (Å²) in [6.07, 6.45) is 6.94. The zero-order valence-electron chi connectivity index (χ0n) is 26.0. The molecule has 0 radical (unpaired) electrons. The normalized spacial score (nSPS) is 28.2. The first-order chi connectivity index (χ1) is 21.3. The second kappa shape index (κ2) is 12.9. The standard InChI is InChI=1S/C31H40BrN7O6/c1-18-14-19(12-13-22(18)32)25-35-37-39(36-25)21-15-24-26(40)34-31(28(42)43)16-20(31)10-8-6-5-7-9-11-23(27(41)38(24)17-21)33-29(44)45-30(2,3)4/h8,10,12-14,20-21,23-24H,5-7,9,11,15-17H2,1-4H3,(H,33,44)(H,34,40)(H,42,43)/b10-8-/t20-,21+,23-,24+,31+/m1/s1. The van der Waals surface area contributed by atoms with E-state index in [2.05, 4.69) is 42.0 Å². The Hall–Kier alpha value is -3.81. The number of ether oxygens (including phenoxy) is 1. The van der Waals surface area contributed by atoms with E-state index in [0.29, 0.717) is 18.7 Å². The molecular formula is C31H40BrN7O6. The maximum atomic E-state index is 14.2. The molecule has 2 aromatic rings. The molecule has 242 valence electrons. The molecule has 3 amide bonds. The number of aryl methyl sites for hydroxylation is 1. The van der Waals surface area contributed by atoms with Crippen LogP contribution in [-0.4, -0.2) is 83.9 Å². The van der Waals surface area contributed by atoms with Gasteiger partial charge in [0.25, 0.3) is 0 Å². The van der Waals surface area contributed by atoms with Gasteiger partial charge in [-0.25, -0.2) is 9.59 Å². The van der Waals surface area contributed by atoms with E-state index in [1.54, 1.807) is 20.8 Å². The van der Waals surface area contributed by atoms with E-state index < -0.39 is 53.1 Å². The van der Waals surface area contributed by atoms with E-state index in [1.165, 1.54) is 9.70 Å². The van der Waals surface area contributed by atoms with Crippen LogP contribution in [0.1, 0.15) is 77.3 Å². The summed E-state index contributed by atoms with van der Waals surface area (Å²) in [5.74, 6) is -2.07. The Bertz CT molecular complexity index is 1500. The number of nitrogens with one attached hydrogen (secondary N) is 2. The van der Waals surface area contributed by atoms with Crippen LogP contribution in [0, 0.1) is 12.8 Å². The van der Waals surface area contributed by atoms with Crippen molar-refractivity contribution < 1.29 is 29.0 Å². The minimum absolute atomic E-state index is 0.0714. The predicted molar refractivity (Wildman–Crippen MR) is 167 cm³/mol. The molecule has 1 aromatic heterocycles. The number of carbonyl (C=O) groups is 4. The molecule has 3 N–H and O–H groups in total. The van der Waals surface area contributed by atoms with Gasteiger partial charge in [0.15, 0.2) is 0 Å². The van der Waals surface area contributed by atoms with Gasteiger partial charge < -0.3 is 25.4 Å². The molecular weight excluding hydrogens is 646 g/mol. The third-order valence-corrected chi connectivity index (χ3v) is 9.39. The van der Waals surface area contributed by atoms with Gasteiger partial charge in [0, 0.05) is 28.9 Å². The molecule has 14 heteroatoms. The first-order valence-corrected chi connectivity index (χ1v) is 16.1. The van der Waals surface area contributed by atoms with Gasteiger partial charge in [0.2, 0.25) is 17.6 Å². The van der Waals surface area contributed by atoms with Crippen molar-refractivity contribution in [1.29, 1.82) is 0 Å². The molecule has 1 saturated heterocycles. The van der Waals surface area contributed by atoms with Crippen LogP contribution >= 0.6 is 15.9 Å². The first kappa shape index (κ1) is 32.6. The number of carbonyl (C=O) groups excluding carboxylic acids is 3. The number of tetrazole rings is 1. The molecule has 1 saturated carbocycles. The highest BCUT2D eigenvalue weighted by atomic mass is 79.9. The van der Waals surface area contributed by atoms with Crippen molar-refractivity contribution in [3.8, 4) is 11.4 Å². The molecule has 45 heavy (non-hydrogen) atoms. The number of aliphatic carboxylic acids is 1. The van der Waals surface area contributed by atoms with E-state index in [0.717, 1.165) is 34.9 Å². The van der Waals surface area contributed by atoms with Gasteiger partial charge in [-0.15, -0.1) is 10.2 Å². The molecule has 13 nitrogen and oxygen atoms in total. The number of aromatic nitrogens is 4. The molecule has 1 aromatic carbocycles. The highest BCUT2D eigenvalue weighted by Gasteiger charge is 2.61. The molecule has 2 aliphatic heterocycles. The number of carboxylic acid groups (broad SMARTS) is 1. The minimum atomic E-state index is -1.42. The summed E-state index contributed by atoms with van der Waals surface area (Å²) in [7, 11) is 0. The number of alkyl carbamates (subject to hydrolysis) is 1. The van der Waals surface area contributed by atoms with Gasteiger partial charge >= 0.3 is 12.1 Å². The highest BCUT2D eigenvalue weighted by Crippen LogP contribution is 2.45. The zero-order valence-corrected chi connectivity index (χ0v) is 27.5. The van der Waals surface area contributed by atoms with Crippen LogP contribution in [0.15, 0.2) is 34.8 Å². The van der Waals surface area contributed by atoms with Crippen LogP contribution in [0.3, 0.4) is 0 Å². The Morgan fingerprint density at radius 3 is 2.69 bits per heavy atom. The van der Waals surface area contributed by atoms with E-state index in [9.17, 15) is 24.3 Å². The number of hydrogen-bond donors (Lipinski definition) is 3. The lowest BCUT2D eigenvalue weighted by atomic mass is 10.0. The lowest BCUT2D eigenvalue weighted by molar-refractivity contribution is -0.145. The number of allylic oxidation sites excluding steroid dienone is 1. The number of halogens is 1. The number of carboxylic acids is 1. The largest absolute Gasteiger partial charge is 0.479 e. The Morgan fingerprint density at radius 1 is 1.20 bits per heavy atom. The molecule has 3 aliphatic rings. The quantitative estimate of drug-likeness (QED) is 0.404. The smallest absolute Gasteiger partial charge is 0.408 e. The van der Waals surface area contributed by atoms with E-state index in [4.69, 9.17) is 4.74 Å². The molecule has 0 spiro atoms. The van der Waals surface area contributed by atoms with Crippen LogP contribution in [0.5, 0.6) is 0 Å². The number of nitrogens with zero attached hydrogens (tertiary/aromatic N) is 5. The van der Waals surface area contributed by atoms with Crippen molar-refractivity contribution in [1.82, 2.24) is 35.7 Å². The summed E-state index contributed by atoms with van der Waals surface area (Å²) in [4.78, 5) is 56.0. The average Bonchev–Trinajstić information content (AvgIpc) is 3.28. The third kappa shape index (κ3) is 7.37. The van der Waals surface area contributed by atoms with Crippen molar-refractivity contribution in [2.24, 2.45) is 5.92 Å². The lowest BCUT2D eigenvalue weighted by Gasteiger charge is -2.30. The molecule has 0 unspecified atom stereocenters. The number of benzene rings is 1. The van der Waals surface area contributed by atoms with Gasteiger partial charge in [-0.3, -0.25) is 9.59 Å². The molecule has 5 rings (SSSR count). The highest BCUT2D eigenvalue weighted by molar-refractivity contribution is 9.10. The van der Waals surface area contributed by atoms with Crippen LogP contribution in [-0.2, 0) is 19.1 Å². The van der Waals surface area contributed by atoms with Crippen molar-refractivity contribution in [2.75, 3.05) is 6.54 Å². The van der Waals surface area contributed by atoms with Crippen molar-refractivity contribution in [3.05, 3.63) is 40.4 Å². The second-order valence-corrected chi connectivity index (χ2v) is 14.0.